The molecule has 4 nitrogen and oxygen atoms in total. The van der Waals surface area contributed by atoms with Crippen LogP contribution in [0, 0.1) is 0 Å². The third-order valence-corrected chi connectivity index (χ3v) is 3.63. The van der Waals surface area contributed by atoms with E-state index in [1.54, 1.807) is 24.4 Å². The first-order valence-electron chi connectivity index (χ1n) is 4.76. The number of carboxylic acids is 1. The molecule has 0 aliphatic carbocycles. The van der Waals surface area contributed by atoms with Gasteiger partial charge in [-0.25, -0.2) is 14.8 Å². The van der Waals surface area contributed by atoms with E-state index < -0.39 is 5.97 Å². The van der Waals surface area contributed by atoms with Crippen molar-refractivity contribution in [1.29, 1.82) is 0 Å². The van der Waals surface area contributed by atoms with Gasteiger partial charge in [-0.15, -0.1) is 0 Å². The topological polar surface area (TPSA) is 63.1 Å². The lowest BCUT2D eigenvalue weighted by atomic mass is 10.3. The minimum absolute atomic E-state index is 0.0963. The maximum absolute atomic E-state index is 10.9. The van der Waals surface area contributed by atoms with Crippen molar-refractivity contribution >= 4 is 40.9 Å². The van der Waals surface area contributed by atoms with E-state index in [-0.39, 0.29) is 10.7 Å². The molecular weight excluding hydrogens is 295 g/mol. The largest absolute Gasteiger partial charge is 0.476 e. The van der Waals surface area contributed by atoms with E-state index in [1.807, 2.05) is 0 Å². The number of aromatic carboxylic acids is 1. The summed E-state index contributed by atoms with van der Waals surface area (Å²) in [7, 11) is 0. The van der Waals surface area contributed by atoms with E-state index in [1.165, 1.54) is 17.8 Å². The quantitative estimate of drug-likeness (QED) is 0.937. The molecule has 2 rings (SSSR count). The second kappa shape index (κ2) is 5.56. The molecule has 0 aliphatic rings. The Labute approximate surface area is 117 Å². The maximum Gasteiger partial charge on any atom is 0.356 e. The lowest BCUT2D eigenvalue weighted by molar-refractivity contribution is 0.0690. The number of aromatic nitrogens is 2. The highest BCUT2D eigenvalue weighted by atomic mass is 35.5. The van der Waals surface area contributed by atoms with Gasteiger partial charge in [0.05, 0.1) is 10.0 Å². The molecule has 0 saturated carbocycles. The minimum atomic E-state index is -1.17. The molecule has 0 fully saturated rings. The first-order valence-corrected chi connectivity index (χ1v) is 6.33. The fraction of sp³-hybridized carbons (Fsp3) is 0. The smallest absolute Gasteiger partial charge is 0.356 e. The number of rotatable bonds is 3. The summed E-state index contributed by atoms with van der Waals surface area (Å²) >= 11 is 12.9. The van der Waals surface area contributed by atoms with Gasteiger partial charge in [0.1, 0.15) is 10.1 Å². The van der Waals surface area contributed by atoms with E-state index in [4.69, 9.17) is 28.3 Å². The molecule has 7 heteroatoms. The summed E-state index contributed by atoms with van der Waals surface area (Å²) in [5.41, 5.74) is -0.186. The third kappa shape index (κ3) is 2.93. The van der Waals surface area contributed by atoms with Crippen LogP contribution in [0.5, 0.6) is 0 Å². The fourth-order valence-corrected chi connectivity index (χ4v) is 2.35. The molecule has 2 aromatic heterocycles. The van der Waals surface area contributed by atoms with Gasteiger partial charge in [-0.3, -0.25) is 0 Å². The van der Waals surface area contributed by atoms with Crippen LogP contribution < -0.4 is 0 Å². The summed E-state index contributed by atoms with van der Waals surface area (Å²) in [4.78, 5) is 18.9. The number of halogens is 2. The van der Waals surface area contributed by atoms with Crippen molar-refractivity contribution in [2.45, 2.75) is 10.1 Å². The van der Waals surface area contributed by atoms with Crippen LogP contribution in [0.1, 0.15) is 10.5 Å². The predicted molar refractivity (Wildman–Crippen MR) is 69.6 cm³/mol. The summed E-state index contributed by atoms with van der Waals surface area (Å²) in [5.74, 6) is -1.17. The second-order valence-corrected chi connectivity index (χ2v) is 5.00. The average molecular weight is 301 g/mol. The SMILES string of the molecule is O=C(O)c1nc(Sc2ncccc2Cl)ccc1Cl. The van der Waals surface area contributed by atoms with Crippen molar-refractivity contribution in [2.24, 2.45) is 0 Å². The van der Waals surface area contributed by atoms with E-state index >= 15 is 0 Å². The lowest BCUT2D eigenvalue weighted by Crippen LogP contribution is -2.01. The Hall–Kier alpha value is -1.30. The highest BCUT2D eigenvalue weighted by Crippen LogP contribution is 2.31. The van der Waals surface area contributed by atoms with Crippen molar-refractivity contribution in [2.75, 3.05) is 0 Å². The Morgan fingerprint density at radius 3 is 2.67 bits per heavy atom. The molecule has 0 radical (unpaired) electrons. The number of nitrogens with zero attached hydrogens (tertiary/aromatic N) is 2. The van der Waals surface area contributed by atoms with Crippen molar-refractivity contribution in [3.05, 3.63) is 46.2 Å². The fourth-order valence-electron chi connectivity index (χ4n) is 1.18. The monoisotopic (exact) mass is 300 g/mol. The molecule has 0 amide bonds. The third-order valence-electron chi connectivity index (χ3n) is 1.95. The van der Waals surface area contributed by atoms with Crippen LogP contribution in [0.2, 0.25) is 10.0 Å². The summed E-state index contributed by atoms with van der Waals surface area (Å²) in [6.45, 7) is 0. The molecule has 0 atom stereocenters. The van der Waals surface area contributed by atoms with E-state index in [9.17, 15) is 4.79 Å². The Morgan fingerprint density at radius 2 is 2.00 bits per heavy atom. The van der Waals surface area contributed by atoms with Crippen LogP contribution >= 0.6 is 35.0 Å². The van der Waals surface area contributed by atoms with Crippen LogP contribution in [-0.4, -0.2) is 21.0 Å². The van der Waals surface area contributed by atoms with Crippen LogP contribution in [0.25, 0.3) is 0 Å². The maximum atomic E-state index is 10.9. The van der Waals surface area contributed by atoms with Gasteiger partial charge in [0.2, 0.25) is 0 Å². The summed E-state index contributed by atoms with van der Waals surface area (Å²) in [6, 6.07) is 6.51. The number of carboxylic acid groups (broad SMARTS) is 1. The highest BCUT2D eigenvalue weighted by Gasteiger charge is 2.13. The zero-order valence-electron chi connectivity index (χ0n) is 8.80. The minimum Gasteiger partial charge on any atom is -0.476 e. The van der Waals surface area contributed by atoms with Gasteiger partial charge in [0, 0.05) is 6.20 Å². The van der Waals surface area contributed by atoms with Crippen LogP contribution in [-0.2, 0) is 0 Å². The lowest BCUT2D eigenvalue weighted by Gasteiger charge is -2.04. The number of hydrogen-bond acceptors (Lipinski definition) is 4. The summed E-state index contributed by atoms with van der Waals surface area (Å²) in [5, 5.41) is 10.5. The number of hydrogen-bond donors (Lipinski definition) is 1. The molecule has 0 aromatic carbocycles. The Bertz CT molecular complexity index is 607. The summed E-state index contributed by atoms with van der Waals surface area (Å²) < 4.78 is 0. The molecule has 0 spiro atoms. The molecule has 1 N–H and O–H groups in total. The first-order chi connectivity index (χ1) is 8.58. The Balaban J connectivity index is 2.33. The van der Waals surface area contributed by atoms with Gasteiger partial charge in [-0.1, -0.05) is 23.2 Å². The summed E-state index contributed by atoms with van der Waals surface area (Å²) in [6.07, 6.45) is 1.60. The van der Waals surface area contributed by atoms with Crippen LogP contribution in [0.4, 0.5) is 0 Å². The molecule has 0 bridgehead atoms. The average Bonchev–Trinajstić information content (AvgIpc) is 2.34. The van der Waals surface area contributed by atoms with Crippen molar-refractivity contribution < 1.29 is 9.90 Å². The molecule has 18 heavy (non-hydrogen) atoms. The highest BCUT2D eigenvalue weighted by molar-refractivity contribution is 7.99. The molecule has 0 aliphatic heterocycles. The van der Waals surface area contributed by atoms with Gasteiger partial charge in [-0.2, -0.15) is 0 Å². The van der Waals surface area contributed by atoms with Gasteiger partial charge >= 0.3 is 5.97 Å². The van der Waals surface area contributed by atoms with Gasteiger partial charge in [0.25, 0.3) is 0 Å². The van der Waals surface area contributed by atoms with Crippen LogP contribution in [0.15, 0.2) is 40.5 Å². The van der Waals surface area contributed by atoms with E-state index in [0.29, 0.717) is 15.1 Å². The van der Waals surface area contributed by atoms with Crippen LogP contribution in [0.3, 0.4) is 0 Å². The second-order valence-electron chi connectivity index (χ2n) is 3.18. The zero-order valence-corrected chi connectivity index (χ0v) is 11.1. The molecule has 2 aromatic rings. The normalized spacial score (nSPS) is 10.3. The standard InChI is InChI=1S/C11H6Cl2N2O2S/c12-6-3-4-8(15-9(6)11(16)17)18-10-7(13)2-1-5-14-10/h1-5H,(H,16,17). The molecular formula is C11H6Cl2N2O2S. The Morgan fingerprint density at radius 1 is 1.22 bits per heavy atom. The first kappa shape index (κ1) is 13.1. The Kier molecular flexibility index (Phi) is 4.06. The molecule has 2 heterocycles. The number of carbonyl (C=O) groups is 1. The van der Waals surface area contributed by atoms with E-state index in [0.717, 1.165) is 0 Å². The zero-order chi connectivity index (χ0) is 13.1. The van der Waals surface area contributed by atoms with E-state index in [2.05, 4.69) is 9.97 Å². The van der Waals surface area contributed by atoms with Crippen molar-refractivity contribution in [1.82, 2.24) is 9.97 Å². The molecule has 0 unspecified atom stereocenters. The van der Waals surface area contributed by atoms with Gasteiger partial charge in [0.15, 0.2) is 5.69 Å². The van der Waals surface area contributed by atoms with Gasteiger partial charge < -0.3 is 5.11 Å². The molecule has 92 valence electrons. The van der Waals surface area contributed by atoms with Crippen molar-refractivity contribution in [3.8, 4) is 0 Å². The molecule has 0 saturated heterocycles. The predicted octanol–water partition coefficient (Wildman–Crippen LogP) is 3.63. The van der Waals surface area contributed by atoms with Gasteiger partial charge in [-0.05, 0) is 36.0 Å². The van der Waals surface area contributed by atoms with Crippen molar-refractivity contribution in [3.63, 3.8) is 0 Å². The number of pyridine rings is 2.